The third kappa shape index (κ3) is 1.93. The SMILES string of the molecule is CN1C(=O)C(N)CCC1C(F)(F)F. The molecule has 2 N–H and O–H groups in total. The number of carbonyl (C=O) groups is 1. The maximum absolute atomic E-state index is 12.3. The van der Waals surface area contributed by atoms with Crippen molar-refractivity contribution in [1.29, 1.82) is 0 Å². The van der Waals surface area contributed by atoms with Gasteiger partial charge in [0, 0.05) is 7.05 Å². The number of alkyl halides is 3. The molecule has 1 heterocycles. The fourth-order valence-corrected chi connectivity index (χ4v) is 1.45. The average Bonchev–Trinajstić information content (AvgIpc) is 1.98. The fourth-order valence-electron chi connectivity index (χ4n) is 1.45. The van der Waals surface area contributed by atoms with Crippen LogP contribution in [-0.2, 0) is 4.79 Å². The van der Waals surface area contributed by atoms with Crippen molar-refractivity contribution in [3.05, 3.63) is 0 Å². The van der Waals surface area contributed by atoms with Crippen molar-refractivity contribution in [3.63, 3.8) is 0 Å². The molecule has 1 saturated heterocycles. The van der Waals surface area contributed by atoms with Gasteiger partial charge in [-0.2, -0.15) is 13.2 Å². The van der Waals surface area contributed by atoms with Crippen molar-refractivity contribution < 1.29 is 18.0 Å². The van der Waals surface area contributed by atoms with Crippen LogP contribution in [0.4, 0.5) is 13.2 Å². The summed E-state index contributed by atoms with van der Waals surface area (Å²) in [5.74, 6) is -0.631. The molecule has 2 atom stereocenters. The van der Waals surface area contributed by atoms with E-state index in [-0.39, 0.29) is 12.8 Å². The highest BCUT2D eigenvalue weighted by molar-refractivity contribution is 5.82. The zero-order valence-corrected chi connectivity index (χ0v) is 7.14. The molecule has 0 aromatic carbocycles. The van der Waals surface area contributed by atoms with Crippen LogP contribution < -0.4 is 5.73 Å². The molecule has 13 heavy (non-hydrogen) atoms. The maximum Gasteiger partial charge on any atom is 0.408 e. The average molecular weight is 196 g/mol. The van der Waals surface area contributed by atoms with Gasteiger partial charge < -0.3 is 10.6 Å². The zero-order valence-electron chi connectivity index (χ0n) is 7.14. The van der Waals surface area contributed by atoms with Gasteiger partial charge in [0.25, 0.3) is 0 Å². The van der Waals surface area contributed by atoms with E-state index in [0.29, 0.717) is 4.90 Å². The van der Waals surface area contributed by atoms with Crippen LogP contribution in [0.3, 0.4) is 0 Å². The lowest BCUT2D eigenvalue weighted by Gasteiger charge is -2.36. The van der Waals surface area contributed by atoms with E-state index in [9.17, 15) is 18.0 Å². The van der Waals surface area contributed by atoms with Crippen LogP contribution in [0.2, 0.25) is 0 Å². The first kappa shape index (κ1) is 10.3. The highest BCUT2D eigenvalue weighted by Gasteiger charge is 2.47. The minimum Gasteiger partial charge on any atom is -0.332 e. The van der Waals surface area contributed by atoms with Gasteiger partial charge in [0.1, 0.15) is 6.04 Å². The van der Waals surface area contributed by atoms with E-state index in [1.165, 1.54) is 0 Å². The molecule has 0 aromatic rings. The van der Waals surface area contributed by atoms with Gasteiger partial charge in [0.15, 0.2) is 0 Å². The lowest BCUT2D eigenvalue weighted by atomic mass is 9.98. The molecule has 0 aromatic heterocycles. The number of piperidine rings is 1. The summed E-state index contributed by atoms with van der Waals surface area (Å²) in [5.41, 5.74) is 5.32. The van der Waals surface area contributed by atoms with Gasteiger partial charge in [-0.3, -0.25) is 4.79 Å². The molecule has 1 aliphatic heterocycles. The number of nitrogens with two attached hydrogens (primary N) is 1. The second kappa shape index (κ2) is 3.17. The Bertz CT molecular complexity index is 216. The van der Waals surface area contributed by atoms with E-state index in [1.807, 2.05) is 0 Å². The van der Waals surface area contributed by atoms with Gasteiger partial charge in [-0.1, -0.05) is 0 Å². The molecule has 2 unspecified atom stereocenters. The summed E-state index contributed by atoms with van der Waals surface area (Å²) < 4.78 is 36.8. The Hall–Kier alpha value is -0.780. The number of hydrogen-bond acceptors (Lipinski definition) is 2. The molecule has 0 saturated carbocycles. The van der Waals surface area contributed by atoms with Crippen molar-refractivity contribution in [2.75, 3.05) is 7.05 Å². The van der Waals surface area contributed by atoms with Crippen molar-refractivity contribution >= 4 is 5.91 Å². The third-order valence-electron chi connectivity index (χ3n) is 2.26. The zero-order chi connectivity index (χ0) is 10.2. The Morgan fingerprint density at radius 3 is 2.46 bits per heavy atom. The number of likely N-dealkylation sites (N-methyl/N-ethyl adjacent to an activating group) is 1. The molecule has 3 nitrogen and oxygen atoms in total. The lowest BCUT2D eigenvalue weighted by molar-refractivity contribution is -0.194. The molecule has 1 aliphatic rings. The van der Waals surface area contributed by atoms with Crippen LogP contribution >= 0.6 is 0 Å². The van der Waals surface area contributed by atoms with E-state index >= 15 is 0 Å². The van der Waals surface area contributed by atoms with Gasteiger partial charge in [0.05, 0.1) is 6.04 Å². The standard InChI is InChI=1S/C7H11F3N2O/c1-12-5(7(8,9)10)3-2-4(11)6(12)13/h4-5H,2-3,11H2,1H3. The van der Waals surface area contributed by atoms with Gasteiger partial charge in [-0.15, -0.1) is 0 Å². The number of halogens is 3. The molecule has 0 spiro atoms. The van der Waals surface area contributed by atoms with Gasteiger partial charge >= 0.3 is 6.18 Å². The Kier molecular flexibility index (Phi) is 2.51. The topological polar surface area (TPSA) is 46.3 Å². The molecule has 1 fully saturated rings. The Balaban J connectivity index is 2.76. The van der Waals surface area contributed by atoms with E-state index < -0.39 is 24.2 Å². The van der Waals surface area contributed by atoms with Crippen molar-refractivity contribution in [2.24, 2.45) is 5.73 Å². The predicted molar refractivity (Wildman–Crippen MR) is 39.8 cm³/mol. The predicted octanol–water partition coefficient (Wildman–Crippen LogP) is 0.497. The molecule has 1 amide bonds. The van der Waals surface area contributed by atoms with Crippen LogP contribution in [0.1, 0.15) is 12.8 Å². The number of likely N-dealkylation sites (tertiary alicyclic amines) is 1. The molecular weight excluding hydrogens is 185 g/mol. The summed E-state index contributed by atoms with van der Waals surface area (Å²) in [7, 11) is 1.14. The molecule has 0 radical (unpaired) electrons. The van der Waals surface area contributed by atoms with E-state index in [2.05, 4.69) is 0 Å². The van der Waals surface area contributed by atoms with E-state index in [4.69, 9.17) is 5.73 Å². The Morgan fingerprint density at radius 2 is 2.00 bits per heavy atom. The Labute approximate surface area is 73.7 Å². The Morgan fingerprint density at radius 1 is 1.46 bits per heavy atom. The molecule has 76 valence electrons. The number of hydrogen-bond donors (Lipinski definition) is 1. The van der Waals surface area contributed by atoms with Crippen molar-refractivity contribution in [2.45, 2.75) is 31.1 Å². The highest BCUT2D eigenvalue weighted by Crippen LogP contribution is 2.30. The maximum atomic E-state index is 12.3. The first-order chi connectivity index (χ1) is 5.84. The third-order valence-corrected chi connectivity index (χ3v) is 2.26. The van der Waals surface area contributed by atoms with Crippen LogP contribution in [0.15, 0.2) is 0 Å². The van der Waals surface area contributed by atoms with Crippen LogP contribution in [0, 0.1) is 0 Å². The summed E-state index contributed by atoms with van der Waals surface area (Å²) in [6.45, 7) is 0. The number of carbonyl (C=O) groups excluding carboxylic acids is 1. The van der Waals surface area contributed by atoms with Crippen molar-refractivity contribution in [1.82, 2.24) is 4.90 Å². The summed E-state index contributed by atoms with van der Waals surface area (Å²) in [6.07, 6.45) is -4.34. The summed E-state index contributed by atoms with van der Waals surface area (Å²) in [6, 6.07) is -2.44. The number of nitrogens with zero attached hydrogens (tertiary/aromatic N) is 1. The monoisotopic (exact) mass is 196 g/mol. The van der Waals surface area contributed by atoms with E-state index in [0.717, 1.165) is 7.05 Å². The number of rotatable bonds is 0. The summed E-state index contributed by atoms with van der Waals surface area (Å²) in [5, 5.41) is 0. The summed E-state index contributed by atoms with van der Waals surface area (Å²) >= 11 is 0. The fraction of sp³-hybridized carbons (Fsp3) is 0.857. The minimum absolute atomic E-state index is 0.104. The second-order valence-corrected chi connectivity index (χ2v) is 3.19. The highest BCUT2D eigenvalue weighted by atomic mass is 19.4. The van der Waals surface area contributed by atoms with Crippen LogP contribution in [0.5, 0.6) is 0 Å². The molecule has 1 rings (SSSR count). The first-order valence-electron chi connectivity index (χ1n) is 3.93. The largest absolute Gasteiger partial charge is 0.408 e. The van der Waals surface area contributed by atoms with Crippen LogP contribution in [0.25, 0.3) is 0 Å². The van der Waals surface area contributed by atoms with Gasteiger partial charge in [-0.05, 0) is 12.8 Å². The van der Waals surface area contributed by atoms with Gasteiger partial charge in [-0.25, -0.2) is 0 Å². The van der Waals surface area contributed by atoms with E-state index in [1.54, 1.807) is 0 Å². The van der Waals surface area contributed by atoms with Gasteiger partial charge in [0.2, 0.25) is 5.91 Å². The quantitative estimate of drug-likeness (QED) is 0.613. The smallest absolute Gasteiger partial charge is 0.332 e. The molecule has 6 heteroatoms. The molecule has 0 bridgehead atoms. The lowest BCUT2D eigenvalue weighted by Crippen LogP contribution is -2.56. The molecule has 0 aliphatic carbocycles. The second-order valence-electron chi connectivity index (χ2n) is 3.19. The summed E-state index contributed by atoms with van der Waals surface area (Å²) in [4.78, 5) is 11.8. The van der Waals surface area contributed by atoms with Crippen molar-refractivity contribution in [3.8, 4) is 0 Å². The van der Waals surface area contributed by atoms with Crippen LogP contribution in [-0.4, -0.2) is 36.1 Å². The first-order valence-corrected chi connectivity index (χ1v) is 3.93. The minimum atomic E-state index is -4.34. The molecular formula is C7H11F3N2O. The normalized spacial score (nSPS) is 30.8. The number of amides is 1.